The van der Waals surface area contributed by atoms with Crippen LogP contribution in [0.2, 0.25) is 5.02 Å². The van der Waals surface area contributed by atoms with Crippen molar-refractivity contribution < 1.29 is 9.90 Å². The van der Waals surface area contributed by atoms with E-state index in [9.17, 15) is 4.79 Å². The minimum atomic E-state index is -1.01. The lowest BCUT2D eigenvalue weighted by Gasteiger charge is -2.28. The number of pyridine rings is 1. The first kappa shape index (κ1) is 14.1. The molecule has 1 aromatic heterocycles. The highest BCUT2D eigenvalue weighted by Crippen LogP contribution is 2.30. The molecule has 19 heavy (non-hydrogen) atoms. The fraction of sp³-hybridized carbons (Fsp3) is 0.538. The van der Waals surface area contributed by atoms with Crippen LogP contribution < -0.4 is 4.90 Å². The van der Waals surface area contributed by atoms with E-state index in [0.29, 0.717) is 16.9 Å². The van der Waals surface area contributed by atoms with E-state index in [-0.39, 0.29) is 5.56 Å². The Labute approximate surface area is 117 Å². The normalized spacial score (nSPS) is 19.2. The van der Waals surface area contributed by atoms with Crippen LogP contribution in [-0.4, -0.2) is 54.2 Å². The van der Waals surface area contributed by atoms with Gasteiger partial charge in [-0.05, 0) is 33.0 Å². The van der Waals surface area contributed by atoms with Crippen molar-refractivity contribution in [1.29, 1.82) is 0 Å². The Morgan fingerprint density at radius 2 is 2.37 bits per heavy atom. The number of likely N-dealkylation sites (N-methyl/N-ethyl adjacent to an activating group) is 1. The van der Waals surface area contributed by atoms with Gasteiger partial charge in [-0.15, -0.1) is 0 Å². The second-order valence-corrected chi connectivity index (χ2v) is 5.49. The molecule has 5 nitrogen and oxygen atoms in total. The number of hydrogen-bond donors (Lipinski definition) is 1. The molecular weight excluding hydrogens is 266 g/mol. The standard InChI is InChI=1S/C13H18ClN3O2/c1-16(2)8-10-4-3-5-17(10)12-11(14)6-9(7-15-12)13(18)19/h6-7,10H,3-5,8H2,1-2H3,(H,18,19). The lowest BCUT2D eigenvalue weighted by molar-refractivity contribution is 0.0696. The van der Waals surface area contributed by atoms with E-state index in [4.69, 9.17) is 16.7 Å². The number of carbonyl (C=O) groups is 1. The maximum absolute atomic E-state index is 10.9. The Morgan fingerprint density at radius 1 is 1.63 bits per heavy atom. The van der Waals surface area contributed by atoms with Gasteiger partial charge in [-0.1, -0.05) is 11.6 Å². The SMILES string of the molecule is CN(C)CC1CCCN1c1ncc(C(=O)O)cc1Cl. The Kier molecular flexibility index (Phi) is 4.27. The van der Waals surface area contributed by atoms with Crippen LogP contribution in [0, 0.1) is 0 Å². The average Bonchev–Trinajstić information content (AvgIpc) is 2.75. The minimum Gasteiger partial charge on any atom is -0.478 e. The summed E-state index contributed by atoms with van der Waals surface area (Å²) < 4.78 is 0. The van der Waals surface area contributed by atoms with Gasteiger partial charge in [0, 0.05) is 25.3 Å². The highest BCUT2D eigenvalue weighted by atomic mass is 35.5. The van der Waals surface area contributed by atoms with Crippen molar-refractivity contribution in [2.24, 2.45) is 0 Å². The molecule has 104 valence electrons. The Balaban J connectivity index is 2.23. The van der Waals surface area contributed by atoms with E-state index < -0.39 is 5.97 Å². The number of halogens is 1. The number of carboxylic acids is 1. The van der Waals surface area contributed by atoms with Crippen molar-refractivity contribution in [1.82, 2.24) is 9.88 Å². The fourth-order valence-electron chi connectivity index (χ4n) is 2.48. The average molecular weight is 284 g/mol. The number of aromatic nitrogens is 1. The van der Waals surface area contributed by atoms with Crippen molar-refractivity contribution in [2.45, 2.75) is 18.9 Å². The molecule has 0 aliphatic carbocycles. The molecular formula is C13H18ClN3O2. The van der Waals surface area contributed by atoms with Gasteiger partial charge >= 0.3 is 5.97 Å². The summed E-state index contributed by atoms with van der Waals surface area (Å²) in [6, 6.07) is 1.85. The van der Waals surface area contributed by atoms with E-state index in [2.05, 4.69) is 14.8 Å². The van der Waals surface area contributed by atoms with Crippen LogP contribution in [0.3, 0.4) is 0 Å². The van der Waals surface area contributed by atoms with Crippen molar-refractivity contribution in [2.75, 3.05) is 32.1 Å². The van der Waals surface area contributed by atoms with Gasteiger partial charge in [0.2, 0.25) is 0 Å². The number of rotatable bonds is 4. The van der Waals surface area contributed by atoms with Gasteiger partial charge in [-0.3, -0.25) is 0 Å². The first-order chi connectivity index (χ1) is 8.99. The van der Waals surface area contributed by atoms with E-state index in [1.54, 1.807) is 0 Å². The van der Waals surface area contributed by atoms with Gasteiger partial charge < -0.3 is 14.9 Å². The molecule has 0 aromatic carbocycles. The summed E-state index contributed by atoms with van der Waals surface area (Å²) in [6.45, 7) is 1.86. The molecule has 6 heteroatoms. The molecule has 0 amide bonds. The summed E-state index contributed by atoms with van der Waals surface area (Å²) in [5, 5.41) is 9.33. The number of anilines is 1. The lowest BCUT2D eigenvalue weighted by atomic mass is 10.2. The van der Waals surface area contributed by atoms with Gasteiger partial charge in [-0.25, -0.2) is 9.78 Å². The van der Waals surface area contributed by atoms with Crippen LogP contribution in [-0.2, 0) is 0 Å². The molecule has 0 radical (unpaired) electrons. The quantitative estimate of drug-likeness (QED) is 0.915. The maximum Gasteiger partial charge on any atom is 0.337 e. The first-order valence-electron chi connectivity index (χ1n) is 6.29. The van der Waals surface area contributed by atoms with Gasteiger partial charge in [0.25, 0.3) is 0 Å². The predicted octanol–water partition coefficient (Wildman–Crippen LogP) is 1.96. The second-order valence-electron chi connectivity index (χ2n) is 5.09. The van der Waals surface area contributed by atoms with E-state index in [1.807, 2.05) is 14.1 Å². The molecule has 0 bridgehead atoms. The molecule has 0 spiro atoms. The smallest absolute Gasteiger partial charge is 0.337 e. The summed E-state index contributed by atoms with van der Waals surface area (Å²) in [7, 11) is 4.08. The third kappa shape index (κ3) is 3.16. The highest BCUT2D eigenvalue weighted by Gasteiger charge is 2.27. The van der Waals surface area contributed by atoms with Crippen molar-refractivity contribution in [3.8, 4) is 0 Å². The van der Waals surface area contributed by atoms with Crippen LogP contribution in [0.4, 0.5) is 5.82 Å². The predicted molar refractivity (Wildman–Crippen MR) is 75.1 cm³/mol. The van der Waals surface area contributed by atoms with Crippen LogP contribution in [0.5, 0.6) is 0 Å². The zero-order valence-corrected chi connectivity index (χ0v) is 11.9. The van der Waals surface area contributed by atoms with Crippen LogP contribution >= 0.6 is 11.6 Å². The van der Waals surface area contributed by atoms with Gasteiger partial charge in [-0.2, -0.15) is 0 Å². The van der Waals surface area contributed by atoms with Gasteiger partial charge in [0.05, 0.1) is 10.6 Å². The molecule has 2 rings (SSSR count). The molecule has 1 unspecified atom stereocenters. The van der Waals surface area contributed by atoms with Crippen LogP contribution in [0.15, 0.2) is 12.3 Å². The molecule has 0 saturated carbocycles. The molecule has 1 aliphatic rings. The zero-order chi connectivity index (χ0) is 14.0. The Bertz CT molecular complexity index is 479. The Morgan fingerprint density at radius 3 is 2.95 bits per heavy atom. The number of nitrogens with zero attached hydrogens (tertiary/aromatic N) is 3. The van der Waals surface area contributed by atoms with Crippen LogP contribution in [0.25, 0.3) is 0 Å². The van der Waals surface area contributed by atoms with Crippen molar-refractivity contribution in [3.63, 3.8) is 0 Å². The van der Waals surface area contributed by atoms with Crippen LogP contribution in [0.1, 0.15) is 23.2 Å². The lowest BCUT2D eigenvalue weighted by Crippen LogP contribution is -2.38. The highest BCUT2D eigenvalue weighted by molar-refractivity contribution is 6.33. The molecule has 1 atom stereocenters. The van der Waals surface area contributed by atoms with Gasteiger partial charge in [0.1, 0.15) is 5.82 Å². The van der Waals surface area contributed by atoms with E-state index >= 15 is 0 Å². The Hall–Kier alpha value is -1.33. The van der Waals surface area contributed by atoms with E-state index in [0.717, 1.165) is 25.9 Å². The molecule has 2 heterocycles. The number of carboxylic acid groups (broad SMARTS) is 1. The molecule has 1 fully saturated rings. The fourth-order valence-corrected chi connectivity index (χ4v) is 2.76. The molecule has 1 aromatic rings. The summed E-state index contributed by atoms with van der Waals surface area (Å²) in [5.41, 5.74) is 0.122. The molecule has 1 aliphatic heterocycles. The van der Waals surface area contributed by atoms with Gasteiger partial charge in [0.15, 0.2) is 0 Å². The topological polar surface area (TPSA) is 56.7 Å². The van der Waals surface area contributed by atoms with Crippen molar-refractivity contribution >= 4 is 23.4 Å². The summed E-state index contributed by atoms with van der Waals surface area (Å²) in [5.74, 6) is -0.316. The zero-order valence-electron chi connectivity index (χ0n) is 11.1. The number of aromatic carboxylic acids is 1. The third-order valence-electron chi connectivity index (χ3n) is 3.29. The summed E-state index contributed by atoms with van der Waals surface area (Å²) in [6.07, 6.45) is 3.59. The summed E-state index contributed by atoms with van der Waals surface area (Å²) >= 11 is 6.17. The summed E-state index contributed by atoms with van der Waals surface area (Å²) in [4.78, 5) is 19.4. The largest absolute Gasteiger partial charge is 0.478 e. The first-order valence-corrected chi connectivity index (χ1v) is 6.67. The maximum atomic E-state index is 10.9. The monoisotopic (exact) mass is 283 g/mol. The second kappa shape index (κ2) is 5.75. The molecule has 1 N–H and O–H groups in total. The minimum absolute atomic E-state index is 0.122. The third-order valence-corrected chi connectivity index (χ3v) is 3.57. The van der Waals surface area contributed by atoms with E-state index in [1.165, 1.54) is 12.3 Å². The number of hydrogen-bond acceptors (Lipinski definition) is 4. The molecule has 1 saturated heterocycles. The van der Waals surface area contributed by atoms with Crippen molar-refractivity contribution in [3.05, 3.63) is 22.8 Å².